The highest BCUT2D eigenvalue weighted by molar-refractivity contribution is 6.16. The molecule has 0 bridgehead atoms. The number of rotatable bonds is 7. The zero-order chi connectivity index (χ0) is 13.4. The molecule has 0 aliphatic carbocycles. The fourth-order valence-electron chi connectivity index (χ4n) is 1.22. The van der Waals surface area contributed by atoms with Gasteiger partial charge < -0.3 is 9.47 Å². The second-order valence-electron chi connectivity index (χ2n) is 3.34. The van der Waals surface area contributed by atoms with Crippen LogP contribution < -0.4 is 0 Å². The Morgan fingerprint density at radius 3 is 2.12 bits per heavy atom. The third-order valence-electron chi connectivity index (χ3n) is 2.05. The van der Waals surface area contributed by atoms with Crippen LogP contribution in [0.2, 0.25) is 0 Å². The van der Waals surface area contributed by atoms with E-state index >= 15 is 0 Å². The maximum Gasteiger partial charge on any atom is 0.324 e. The molecule has 0 saturated heterocycles. The van der Waals surface area contributed by atoms with Crippen LogP contribution in [0.1, 0.15) is 26.7 Å². The van der Waals surface area contributed by atoms with Gasteiger partial charge in [-0.3, -0.25) is 19.2 Å². The molecule has 6 heteroatoms. The number of carbonyl (C=O) groups is 4. The van der Waals surface area contributed by atoms with Crippen LogP contribution in [0.25, 0.3) is 0 Å². The van der Waals surface area contributed by atoms with E-state index in [4.69, 9.17) is 0 Å². The first kappa shape index (κ1) is 15.3. The summed E-state index contributed by atoms with van der Waals surface area (Å²) in [6.07, 6.45) is -0.367. The lowest BCUT2D eigenvalue weighted by atomic mass is 9.96. The molecule has 0 radical (unpaired) electrons. The van der Waals surface area contributed by atoms with E-state index < -0.39 is 29.4 Å². The molecule has 0 saturated carbocycles. The van der Waals surface area contributed by atoms with Crippen molar-refractivity contribution in [3.05, 3.63) is 0 Å². The van der Waals surface area contributed by atoms with Crippen LogP contribution in [-0.2, 0) is 28.7 Å². The lowest BCUT2D eigenvalue weighted by Gasteiger charge is -2.10. The van der Waals surface area contributed by atoms with Gasteiger partial charge in [0.15, 0.2) is 17.5 Å². The Morgan fingerprint density at radius 2 is 1.71 bits per heavy atom. The van der Waals surface area contributed by atoms with Crippen LogP contribution in [0.5, 0.6) is 0 Å². The number of ether oxygens (including phenoxy) is 2. The first-order chi connectivity index (χ1) is 7.93. The monoisotopic (exact) mass is 244 g/mol. The van der Waals surface area contributed by atoms with Gasteiger partial charge in [-0.25, -0.2) is 0 Å². The summed E-state index contributed by atoms with van der Waals surface area (Å²) in [7, 11) is 1.20. The molecule has 1 unspecified atom stereocenters. The van der Waals surface area contributed by atoms with Crippen molar-refractivity contribution in [2.45, 2.75) is 26.7 Å². The summed E-state index contributed by atoms with van der Waals surface area (Å²) in [4.78, 5) is 45.0. The van der Waals surface area contributed by atoms with Gasteiger partial charge >= 0.3 is 11.9 Å². The molecule has 1 atom stereocenters. The molecule has 0 amide bonds. The molecule has 0 aromatic carbocycles. The highest BCUT2D eigenvalue weighted by Gasteiger charge is 2.32. The molecular formula is C11H16O6. The smallest absolute Gasteiger partial charge is 0.324 e. The van der Waals surface area contributed by atoms with E-state index in [0.29, 0.717) is 0 Å². The van der Waals surface area contributed by atoms with E-state index in [-0.39, 0.29) is 19.4 Å². The van der Waals surface area contributed by atoms with Crippen molar-refractivity contribution >= 4 is 23.5 Å². The van der Waals surface area contributed by atoms with Crippen molar-refractivity contribution in [1.82, 2.24) is 0 Å². The highest BCUT2D eigenvalue weighted by Crippen LogP contribution is 2.09. The molecular weight excluding hydrogens is 228 g/mol. The summed E-state index contributed by atoms with van der Waals surface area (Å²) in [6.45, 7) is 2.80. The largest absolute Gasteiger partial charge is 0.469 e. The molecule has 0 spiro atoms. The zero-order valence-corrected chi connectivity index (χ0v) is 10.1. The highest BCUT2D eigenvalue weighted by atomic mass is 16.5. The molecule has 96 valence electrons. The van der Waals surface area contributed by atoms with Gasteiger partial charge in [0.2, 0.25) is 0 Å². The second kappa shape index (κ2) is 7.54. The van der Waals surface area contributed by atoms with E-state index in [2.05, 4.69) is 9.47 Å². The zero-order valence-electron chi connectivity index (χ0n) is 10.1. The number of methoxy groups -OCH3 is 1. The van der Waals surface area contributed by atoms with E-state index in [9.17, 15) is 19.2 Å². The van der Waals surface area contributed by atoms with Crippen molar-refractivity contribution in [1.29, 1.82) is 0 Å². The third kappa shape index (κ3) is 5.24. The van der Waals surface area contributed by atoms with Gasteiger partial charge in [0.1, 0.15) is 0 Å². The van der Waals surface area contributed by atoms with E-state index in [1.54, 1.807) is 6.92 Å². The Hall–Kier alpha value is -1.72. The van der Waals surface area contributed by atoms with Crippen molar-refractivity contribution in [2.75, 3.05) is 13.7 Å². The number of hydrogen-bond donors (Lipinski definition) is 0. The Balaban J connectivity index is 4.51. The van der Waals surface area contributed by atoms with Crippen molar-refractivity contribution < 1.29 is 28.7 Å². The van der Waals surface area contributed by atoms with Gasteiger partial charge in [-0.05, 0) is 13.8 Å². The van der Waals surface area contributed by atoms with Gasteiger partial charge in [0.25, 0.3) is 0 Å². The first-order valence-electron chi connectivity index (χ1n) is 5.20. The minimum atomic E-state index is -1.43. The Bertz CT molecular complexity index is 320. The van der Waals surface area contributed by atoms with Crippen LogP contribution in [-0.4, -0.2) is 37.2 Å². The Labute approximate surface area is 99.3 Å². The molecule has 0 fully saturated rings. The van der Waals surface area contributed by atoms with Gasteiger partial charge in [0, 0.05) is 6.42 Å². The summed E-state index contributed by atoms with van der Waals surface area (Å²) >= 11 is 0. The van der Waals surface area contributed by atoms with E-state index in [1.807, 2.05) is 0 Å². The predicted molar refractivity (Wildman–Crippen MR) is 57.1 cm³/mol. The minimum Gasteiger partial charge on any atom is -0.469 e. The lowest BCUT2D eigenvalue weighted by molar-refractivity contribution is -0.155. The Morgan fingerprint density at radius 1 is 1.12 bits per heavy atom. The third-order valence-corrected chi connectivity index (χ3v) is 2.05. The minimum absolute atomic E-state index is 0.0902. The van der Waals surface area contributed by atoms with Crippen LogP contribution in [0.4, 0.5) is 0 Å². The normalized spacial score (nSPS) is 11.5. The van der Waals surface area contributed by atoms with Crippen LogP contribution in [0, 0.1) is 5.92 Å². The SMILES string of the molecule is CCOC(=O)C(C(C)=O)C(=O)CCC(=O)OC. The number of Topliss-reactive ketones (excluding diaryl/α,β-unsaturated/α-hetero) is 2. The van der Waals surface area contributed by atoms with Crippen molar-refractivity contribution in [2.24, 2.45) is 5.92 Å². The molecule has 0 aliphatic rings. The number of carbonyl (C=O) groups excluding carboxylic acids is 4. The summed E-state index contributed by atoms with van der Waals surface area (Å²) < 4.78 is 8.98. The average Bonchev–Trinajstić information content (AvgIpc) is 2.25. The van der Waals surface area contributed by atoms with E-state index in [0.717, 1.165) is 6.92 Å². The van der Waals surface area contributed by atoms with Crippen molar-refractivity contribution in [3.8, 4) is 0 Å². The molecule has 0 aromatic rings. The Kier molecular flexibility index (Phi) is 6.77. The van der Waals surface area contributed by atoms with Crippen LogP contribution in [0.15, 0.2) is 0 Å². The van der Waals surface area contributed by atoms with E-state index in [1.165, 1.54) is 7.11 Å². The number of ketones is 2. The standard InChI is InChI=1S/C11H16O6/c1-4-17-11(15)10(7(2)12)8(13)5-6-9(14)16-3/h10H,4-6H2,1-3H3. The quantitative estimate of drug-likeness (QED) is 0.472. The van der Waals surface area contributed by atoms with Crippen LogP contribution in [0.3, 0.4) is 0 Å². The number of esters is 2. The molecule has 0 aromatic heterocycles. The fraction of sp³-hybridized carbons (Fsp3) is 0.636. The maximum absolute atomic E-state index is 11.6. The lowest BCUT2D eigenvalue weighted by Crippen LogP contribution is -2.32. The molecule has 17 heavy (non-hydrogen) atoms. The molecule has 0 heterocycles. The van der Waals surface area contributed by atoms with Crippen molar-refractivity contribution in [3.63, 3.8) is 0 Å². The number of hydrogen-bond acceptors (Lipinski definition) is 6. The van der Waals surface area contributed by atoms with Gasteiger partial charge in [-0.2, -0.15) is 0 Å². The molecule has 6 nitrogen and oxygen atoms in total. The van der Waals surface area contributed by atoms with Gasteiger partial charge in [-0.1, -0.05) is 0 Å². The fourth-order valence-corrected chi connectivity index (χ4v) is 1.22. The maximum atomic E-state index is 11.6. The predicted octanol–water partition coefficient (Wildman–Crippen LogP) is 0.277. The van der Waals surface area contributed by atoms with Crippen LogP contribution >= 0.6 is 0 Å². The molecule has 0 N–H and O–H groups in total. The second-order valence-corrected chi connectivity index (χ2v) is 3.34. The summed E-state index contributed by atoms with van der Waals surface area (Å²) in [5, 5.41) is 0. The molecule has 0 aliphatic heterocycles. The topological polar surface area (TPSA) is 86.7 Å². The summed E-state index contributed by atoms with van der Waals surface area (Å²) in [5.41, 5.74) is 0. The summed E-state index contributed by atoms with van der Waals surface area (Å²) in [6, 6.07) is 0. The first-order valence-corrected chi connectivity index (χ1v) is 5.20. The average molecular weight is 244 g/mol. The van der Waals surface area contributed by atoms with Gasteiger partial charge in [-0.15, -0.1) is 0 Å². The molecule has 0 rings (SSSR count). The summed E-state index contributed by atoms with van der Waals surface area (Å²) in [5.74, 6) is -4.07. The van der Waals surface area contributed by atoms with Gasteiger partial charge in [0.05, 0.1) is 20.1 Å².